The Balaban J connectivity index is 2.15. The van der Waals surface area contributed by atoms with Crippen molar-refractivity contribution < 1.29 is 9.13 Å². The van der Waals surface area contributed by atoms with Crippen molar-refractivity contribution in [2.75, 3.05) is 12.4 Å². The second-order valence-electron chi connectivity index (χ2n) is 4.49. The van der Waals surface area contributed by atoms with Gasteiger partial charge in [-0.3, -0.25) is 0 Å². The molecule has 0 spiro atoms. The van der Waals surface area contributed by atoms with Crippen LogP contribution in [0, 0.1) is 12.7 Å². The normalized spacial score (nSPS) is 10.5. The van der Waals surface area contributed by atoms with Crippen LogP contribution in [0.2, 0.25) is 0 Å². The molecule has 0 fully saturated rings. The van der Waals surface area contributed by atoms with Gasteiger partial charge in [0.1, 0.15) is 5.82 Å². The predicted molar refractivity (Wildman–Crippen MR) is 75.6 cm³/mol. The lowest BCUT2D eigenvalue weighted by Crippen LogP contribution is -2.06. The van der Waals surface area contributed by atoms with E-state index in [0.29, 0.717) is 18.8 Å². The lowest BCUT2D eigenvalue weighted by molar-refractivity contribution is 0.184. The Morgan fingerprint density at radius 1 is 1.05 bits per heavy atom. The van der Waals surface area contributed by atoms with Crippen molar-refractivity contribution in [1.29, 1.82) is 0 Å². The molecule has 0 radical (unpaired) electrons. The number of ether oxygens (including phenoxy) is 1. The smallest absolute Gasteiger partial charge is 0.146 e. The van der Waals surface area contributed by atoms with Crippen molar-refractivity contribution in [3.63, 3.8) is 0 Å². The summed E-state index contributed by atoms with van der Waals surface area (Å²) < 4.78 is 18.9. The van der Waals surface area contributed by atoms with Crippen LogP contribution in [0.1, 0.15) is 16.7 Å². The first-order valence-electron chi connectivity index (χ1n) is 6.27. The molecule has 0 saturated heterocycles. The number of methoxy groups -OCH3 is 1. The minimum absolute atomic E-state index is 0.218. The van der Waals surface area contributed by atoms with E-state index < -0.39 is 0 Å². The molecule has 0 aromatic heterocycles. The quantitative estimate of drug-likeness (QED) is 0.879. The summed E-state index contributed by atoms with van der Waals surface area (Å²) in [6.45, 7) is 3.04. The zero-order valence-corrected chi connectivity index (χ0v) is 11.2. The highest BCUT2D eigenvalue weighted by Crippen LogP contribution is 2.20. The largest absolute Gasteiger partial charge is 0.380 e. The summed E-state index contributed by atoms with van der Waals surface area (Å²) in [6, 6.07) is 13.1. The number of anilines is 1. The van der Waals surface area contributed by atoms with Gasteiger partial charge in [-0.05, 0) is 29.7 Å². The second kappa shape index (κ2) is 6.34. The molecule has 0 bridgehead atoms. The van der Waals surface area contributed by atoms with Crippen LogP contribution in [0.4, 0.5) is 10.1 Å². The average Bonchev–Trinajstić information content (AvgIpc) is 2.40. The van der Waals surface area contributed by atoms with E-state index in [4.69, 9.17) is 4.74 Å². The van der Waals surface area contributed by atoms with Crippen molar-refractivity contribution in [3.05, 3.63) is 65.0 Å². The summed E-state index contributed by atoms with van der Waals surface area (Å²) in [7, 11) is 1.67. The zero-order valence-electron chi connectivity index (χ0n) is 11.2. The molecular formula is C16H18FNO. The van der Waals surface area contributed by atoms with Crippen molar-refractivity contribution in [2.45, 2.75) is 20.1 Å². The van der Waals surface area contributed by atoms with E-state index in [-0.39, 0.29) is 5.82 Å². The van der Waals surface area contributed by atoms with Gasteiger partial charge in [0.25, 0.3) is 0 Å². The molecule has 3 heteroatoms. The Morgan fingerprint density at radius 3 is 2.47 bits per heavy atom. The maximum absolute atomic E-state index is 13.7. The lowest BCUT2D eigenvalue weighted by atomic mass is 10.1. The van der Waals surface area contributed by atoms with Gasteiger partial charge < -0.3 is 10.1 Å². The topological polar surface area (TPSA) is 21.3 Å². The van der Waals surface area contributed by atoms with Crippen molar-refractivity contribution in [1.82, 2.24) is 0 Å². The Hall–Kier alpha value is -1.87. The van der Waals surface area contributed by atoms with Crippen LogP contribution in [-0.4, -0.2) is 7.11 Å². The second-order valence-corrected chi connectivity index (χ2v) is 4.49. The van der Waals surface area contributed by atoms with Gasteiger partial charge in [0.15, 0.2) is 0 Å². The molecule has 19 heavy (non-hydrogen) atoms. The van der Waals surface area contributed by atoms with Crippen LogP contribution in [0.5, 0.6) is 0 Å². The minimum Gasteiger partial charge on any atom is -0.380 e. The third kappa shape index (κ3) is 3.32. The number of hydrogen-bond acceptors (Lipinski definition) is 2. The fourth-order valence-corrected chi connectivity index (χ4v) is 2.07. The van der Waals surface area contributed by atoms with Crippen LogP contribution >= 0.6 is 0 Å². The van der Waals surface area contributed by atoms with Gasteiger partial charge >= 0.3 is 0 Å². The number of aryl methyl sites for hydroxylation is 1. The zero-order chi connectivity index (χ0) is 13.7. The third-order valence-electron chi connectivity index (χ3n) is 3.10. The first kappa shape index (κ1) is 13.6. The number of para-hydroxylation sites is 1. The fraction of sp³-hybridized carbons (Fsp3) is 0.250. The van der Waals surface area contributed by atoms with E-state index >= 15 is 0 Å². The highest BCUT2D eigenvalue weighted by Gasteiger charge is 2.06. The minimum atomic E-state index is -0.218. The molecule has 100 valence electrons. The van der Waals surface area contributed by atoms with Gasteiger partial charge in [0, 0.05) is 13.7 Å². The molecule has 0 aliphatic carbocycles. The van der Waals surface area contributed by atoms with E-state index in [0.717, 1.165) is 16.7 Å². The average molecular weight is 259 g/mol. The number of hydrogen-bond donors (Lipinski definition) is 1. The lowest BCUT2D eigenvalue weighted by Gasteiger charge is -2.13. The Labute approximate surface area is 113 Å². The molecule has 1 N–H and O–H groups in total. The number of rotatable bonds is 5. The van der Waals surface area contributed by atoms with Crippen molar-refractivity contribution >= 4 is 5.69 Å². The number of benzene rings is 2. The number of nitrogens with one attached hydrogen (secondary N) is 1. The molecule has 2 nitrogen and oxygen atoms in total. The highest BCUT2D eigenvalue weighted by atomic mass is 19.1. The molecule has 2 aromatic rings. The van der Waals surface area contributed by atoms with Crippen LogP contribution in [0.25, 0.3) is 0 Å². The maximum atomic E-state index is 13.7. The molecule has 0 aliphatic rings. The van der Waals surface area contributed by atoms with E-state index in [1.807, 2.05) is 37.3 Å². The molecular weight excluding hydrogens is 241 g/mol. The van der Waals surface area contributed by atoms with Gasteiger partial charge in [-0.2, -0.15) is 0 Å². The van der Waals surface area contributed by atoms with Crippen LogP contribution in [0.3, 0.4) is 0 Å². The van der Waals surface area contributed by atoms with Crippen molar-refractivity contribution in [2.24, 2.45) is 0 Å². The monoisotopic (exact) mass is 259 g/mol. The third-order valence-corrected chi connectivity index (χ3v) is 3.10. The van der Waals surface area contributed by atoms with Gasteiger partial charge in [-0.15, -0.1) is 0 Å². The summed E-state index contributed by atoms with van der Waals surface area (Å²) in [5, 5.41) is 3.17. The van der Waals surface area contributed by atoms with Gasteiger partial charge in [0.05, 0.1) is 12.3 Å². The summed E-state index contributed by atoms with van der Waals surface area (Å²) in [4.78, 5) is 0. The molecule has 0 heterocycles. The van der Waals surface area contributed by atoms with Gasteiger partial charge in [0.2, 0.25) is 0 Å². The van der Waals surface area contributed by atoms with E-state index in [1.54, 1.807) is 13.2 Å². The molecule has 0 saturated carbocycles. The first-order valence-corrected chi connectivity index (χ1v) is 6.27. The summed E-state index contributed by atoms with van der Waals surface area (Å²) >= 11 is 0. The fourth-order valence-electron chi connectivity index (χ4n) is 2.07. The molecule has 2 aromatic carbocycles. The highest BCUT2D eigenvalue weighted by molar-refractivity contribution is 5.52. The Bertz CT molecular complexity index is 534. The van der Waals surface area contributed by atoms with Crippen LogP contribution in [-0.2, 0) is 17.9 Å². The summed E-state index contributed by atoms with van der Waals surface area (Å²) in [6.07, 6.45) is 0. The molecule has 0 aliphatic heterocycles. The summed E-state index contributed by atoms with van der Waals surface area (Å²) in [5.74, 6) is -0.218. The van der Waals surface area contributed by atoms with Crippen molar-refractivity contribution in [3.8, 4) is 0 Å². The van der Waals surface area contributed by atoms with Gasteiger partial charge in [-0.25, -0.2) is 4.39 Å². The molecule has 0 unspecified atom stereocenters. The van der Waals surface area contributed by atoms with Crippen LogP contribution < -0.4 is 5.32 Å². The SMILES string of the molecule is COCc1ccccc1CNc1c(C)cccc1F. The molecule has 2 rings (SSSR count). The summed E-state index contributed by atoms with van der Waals surface area (Å²) in [5.41, 5.74) is 3.71. The van der Waals surface area contributed by atoms with E-state index in [1.165, 1.54) is 6.07 Å². The number of halogens is 1. The Kier molecular flexibility index (Phi) is 4.53. The maximum Gasteiger partial charge on any atom is 0.146 e. The predicted octanol–water partition coefficient (Wildman–Crippen LogP) is 3.89. The molecule has 0 atom stereocenters. The molecule has 0 amide bonds. The Morgan fingerprint density at radius 2 is 1.79 bits per heavy atom. The van der Waals surface area contributed by atoms with Crippen LogP contribution in [0.15, 0.2) is 42.5 Å². The standard InChI is InChI=1S/C16H18FNO/c1-12-6-5-9-15(17)16(12)18-10-13-7-3-4-8-14(13)11-19-2/h3-9,18H,10-11H2,1-2H3. The van der Waals surface area contributed by atoms with E-state index in [9.17, 15) is 4.39 Å². The first-order chi connectivity index (χ1) is 9.22. The van der Waals surface area contributed by atoms with Gasteiger partial charge in [-0.1, -0.05) is 36.4 Å². The van der Waals surface area contributed by atoms with E-state index in [2.05, 4.69) is 5.32 Å².